The molecule has 1 aromatic heterocycles. The molecule has 1 fully saturated rings. The molecule has 37 heavy (non-hydrogen) atoms. The van der Waals surface area contributed by atoms with Crippen molar-refractivity contribution in [2.24, 2.45) is 5.92 Å². The second kappa shape index (κ2) is 11.2. The zero-order chi connectivity index (χ0) is 25.6. The molecule has 1 atom stereocenters. The Bertz CT molecular complexity index is 1430. The molecule has 188 valence electrons. The number of nitrogens with one attached hydrogen (secondary N) is 3. The third kappa shape index (κ3) is 6.10. The number of nitrogens with two attached hydrogens (primary N) is 1. The lowest BCUT2D eigenvalue weighted by Gasteiger charge is -2.21. The molecule has 0 unspecified atom stereocenters. The van der Waals surface area contributed by atoms with Crippen LogP contribution in [0.1, 0.15) is 35.3 Å². The number of nitrogens with zero attached hydrogens (tertiary/aromatic N) is 2. The van der Waals surface area contributed by atoms with Crippen molar-refractivity contribution in [1.82, 2.24) is 20.6 Å². The number of aromatic nitrogens is 2. The number of anilines is 2. The van der Waals surface area contributed by atoms with Crippen molar-refractivity contribution >= 4 is 34.1 Å². The van der Waals surface area contributed by atoms with Crippen LogP contribution in [0.2, 0.25) is 0 Å². The van der Waals surface area contributed by atoms with E-state index in [4.69, 9.17) is 5.73 Å². The summed E-state index contributed by atoms with van der Waals surface area (Å²) in [6.45, 7) is 2.16. The Morgan fingerprint density at radius 1 is 1.03 bits per heavy atom. The number of fused-ring (bicyclic) bond motifs is 1. The van der Waals surface area contributed by atoms with Crippen molar-refractivity contribution < 1.29 is 9.59 Å². The number of hydrogen-bond acceptors (Lipinski definition) is 6. The van der Waals surface area contributed by atoms with Crippen molar-refractivity contribution in [1.29, 1.82) is 0 Å². The monoisotopic (exact) mass is 494 g/mol. The lowest BCUT2D eigenvalue weighted by molar-refractivity contribution is 0.0949. The van der Waals surface area contributed by atoms with E-state index < -0.39 is 0 Å². The van der Waals surface area contributed by atoms with E-state index in [0.29, 0.717) is 24.6 Å². The van der Waals surface area contributed by atoms with E-state index in [1.165, 1.54) is 0 Å². The molecule has 8 nitrogen and oxygen atoms in total. The number of amides is 2. The molecule has 4 aromatic rings. The Hall–Kier alpha value is -4.30. The molecule has 2 heterocycles. The van der Waals surface area contributed by atoms with E-state index in [9.17, 15) is 9.59 Å². The van der Waals surface area contributed by atoms with Crippen LogP contribution in [-0.4, -0.2) is 34.9 Å². The summed E-state index contributed by atoms with van der Waals surface area (Å²) in [4.78, 5) is 34.2. The predicted molar refractivity (Wildman–Crippen MR) is 146 cm³/mol. The minimum Gasteiger partial charge on any atom is -0.382 e. The van der Waals surface area contributed by atoms with Gasteiger partial charge in [-0.2, -0.15) is 0 Å². The number of carbonyl (C=O) groups excluding carboxylic acids is 2. The first-order chi connectivity index (χ1) is 18.0. The molecule has 5 rings (SSSR count). The van der Waals surface area contributed by atoms with Gasteiger partial charge in [0.25, 0.3) is 0 Å². The number of benzene rings is 3. The number of urea groups is 1. The molecule has 3 aromatic carbocycles. The van der Waals surface area contributed by atoms with Gasteiger partial charge in [0.1, 0.15) is 5.69 Å². The fourth-order valence-corrected chi connectivity index (χ4v) is 4.67. The number of Topliss-reactive ketones (excluding diaryl/α,β-unsaturated/α-hetero) is 1. The highest BCUT2D eigenvalue weighted by Gasteiger charge is 2.21. The van der Waals surface area contributed by atoms with Crippen LogP contribution in [0, 0.1) is 5.92 Å². The van der Waals surface area contributed by atoms with Gasteiger partial charge in [0, 0.05) is 24.2 Å². The Kier molecular flexibility index (Phi) is 7.37. The van der Waals surface area contributed by atoms with Crippen molar-refractivity contribution in [2.75, 3.05) is 24.1 Å². The SMILES string of the molecule is Nc1ncc(-c2cccc(CNC(=O)Nc3ccc4ccccc4c3)c2)nc1C(=O)C[C@H]1CCCNC1. The molecule has 0 radical (unpaired) electrons. The number of ketones is 1. The Balaban J connectivity index is 1.23. The Labute approximate surface area is 215 Å². The topological polar surface area (TPSA) is 122 Å². The summed E-state index contributed by atoms with van der Waals surface area (Å²) < 4.78 is 0. The van der Waals surface area contributed by atoms with Crippen molar-refractivity contribution in [3.8, 4) is 11.3 Å². The smallest absolute Gasteiger partial charge is 0.319 e. The summed E-state index contributed by atoms with van der Waals surface area (Å²) in [6, 6.07) is 21.1. The van der Waals surface area contributed by atoms with Crippen LogP contribution in [-0.2, 0) is 6.54 Å². The summed E-state index contributed by atoms with van der Waals surface area (Å²) in [5.74, 6) is 0.366. The second-order valence-corrected chi connectivity index (χ2v) is 9.40. The maximum absolute atomic E-state index is 12.9. The molecule has 1 aliphatic heterocycles. The number of piperidine rings is 1. The molecule has 1 saturated heterocycles. The van der Waals surface area contributed by atoms with E-state index >= 15 is 0 Å². The van der Waals surface area contributed by atoms with Crippen LogP contribution in [0.25, 0.3) is 22.0 Å². The lowest BCUT2D eigenvalue weighted by Crippen LogP contribution is -2.31. The second-order valence-electron chi connectivity index (χ2n) is 9.40. The summed E-state index contributed by atoms with van der Waals surface area (Å²) >= 11 is 0. The summed E-state index contributed by atoms with van der Waals surface area (Å²) in [5, 5.41) is 11.3. The third-order valence-corrected chi connectivity index (χ3v) is 6.62. The fourth-order valence-electron chi connectivity index (χ4n) is 4.67. The van der Waals surface area contributed by atoms with Crippen LogP contribution in [0.3, 0.4) is 0 Å². The van der Waals surface area contributed by atoms with E-state index in [-0.39, 0.29) is 23.3 Å². The average molecular weight is 495 g/mol. The van der Waals surface area contributed by atoms with Gasteiger partial charge in [0.05, 0.1) is 11.9 Å². The zero-order valence-corrected chi connectivity index (χ0v) is 20.5. The summed E-state index contributed by atoms with van der Waals surface area (Å²) in [7, 11) is 0. The highest BCUT2D eigenvalue weighted by molar-refractivity contribution is 5.98. The van der Waals surface area contributed by atoms with Gasteiger partial charge in [-0.05, 0) is 66.4 Å². The standard InChI is InChI=1S/C29H30N6O2/c30-28-27(26(36)14-20-6-4-12-31-16-20)35-25(18-32-28)23-9-3-5-19(13-23)17-33-29(37)34-24-11-10-21-7-1-2-8-22(21)15-24/h1-3,5,7-11,13,15,18,20,31H,4,6,12,14,16-17H2,(H2,30,32)(H2,33,34,37)/t20-/m1/s1. The lowest BCUT2D eigenvalue weighted by atomic mass is 9.93. The minimum atomic E-state index is -0.293. The molecular formula is C29H30N6O2. The van der Waals surface area contributed by atoms with Crippen molar-refractivity contribution in [2.45, 2.75) is 25.8 Å². The van der Waals surface area contributed by atoms with Crippen LogP contribution in [0.5, 0.6) is 0 Å². The molecule has 5 N–H and O–H groups in total. The van der Waals surface area contributed by atoms with Crippen molar-refractivity contribution in [3.05, 3.63) is 84.2 Å². The van der Waals surface area contributed by atoms with Crippen LogP contribution in [0.4, 0.5) is 16.3 Å². The van der Waals surface area contributed by atoms with Crippen LogP contribution in [0.15, 0.2) is 72.9 Å². The molecule has 0 bridgehead atoms. The Morgan fingerprint density at radius 2 is 1.89 bits per heavy atom. The number of carbonyl (C=O) groups is 2. The summed E-state index contributed by atoms with van der Waals surface area (Å²) in [6.07, 6.45) is 4.08. The first-order valence-electron chi connectivity index (χ1n) is 12.5. The third-order valence-electron chi connectivity index (χ3n) is 6.62. The van der Waals surface area contributed by atoms with Gasteiger partial charge >= 0.3 is 6.03 Å². The molecule has 0 aliphatic carbocycles. The van der Waals surface area contributed by atoms with Gasteiger partial charge in [-0.1, -0.05) is 48.5 Å². The van der Waals surface area contributed by atoms with Gasteiger partial charge in [0.15, 0.2) is 11.6 Å². The number of rotatable bonds is 7. The van der Waals surface area contributed by atoms with Crippen LogP contribution >= 0.6 is 0 Å². The van der Waals surface area contributed by atoms with Crippen LogP contribution < -0.4 is 21.7 Å². The largest absolute Gasteiger partial charge is 0.382 e. The highest BCUT2D eigenvalue weighted by atomic mass is 16.2. The quantitative estimate of drug-likeness (QED) is 0.275. The molecule has 0 spiro atoms. The van der Waals surface area contributed by atoms with E-state index in [1.54, 1.807) is 6.20 Å². The molecule has 1 aliphatic rings. The van der Waals surface area contributed by atoms with Gasteiger partial charge in [-0.3, -0.25) is 4.79 Å². The zero-order valence-electron chi connectivity index (χ0n) is 20.5. The first-order valence-corrected chi connectivity index (χ1v) is 12.5. The maximum Gasteiger partial charge on any atom is 0.319 e. The summed E-state index contributed by atoms with van der Waals surface area (Å²) in [5.41, 5.74) is 9.23. The van der Waals surface area contributed by atoms with E-state index in [1.807, 2.05) is 66.7 Å². The molecule has 8 heteroatoms. The van der Waals surface area contributed by atoms with Gasteiger partial charge in [0.2, 0.25) is 0 Å². The van der Waals surface area contributed by atoms with Crippen molar-refractivity contribution in [3.63, 3.8) is 0 Å². The van der Waals surface area contributed by atoms with Gasteiger partial charge < -0.3 is 21.7 Å². The minimum absolute atomic E-state index is 0.0799. The Morgan fingerprint density at radius 3 is 2.73 bits per heavy atom. The average Bonchev–Trinajstić information content (AvgIpc) is 2.93. The molecular weight excluding hydrogens is 464 g/mol. The predicted octanol–water partition coefficient (Wildman–Crippen LogP) is 4.77. The number of hydrogen-bond donors (Lipinski definition) is 4. The first kappa shape index (κ1) is 24.4. The molecule has 0 saturated carbocycles. The van der Waals surface area contributed by atoms with Gasteiger partial charge in [-0.15, -0.1) is 0 Å². The van der Waals surface area contributed by atoms with Gasteiger partial charge in [-0.25, -0.2) is 14.8 Å². The van der Waals surface area contributed by atoms with E-state index in [0.717, 1.165) is 53.5 Å². The van der Waals surface area contributed by atoms with E-state index in [2.05, 4.69) is 25.9 Å². The molecule has 2 amide bonds. The number of nitrogen functional groups attached to an aromatic ring is 1. The maximum atomic E-state index is 12.9. The normalized spacial score (nSPS) is 15.3. The fraction of sp³-hybridized carbons (Fsp3) is 0.241. The highest BCUT2D eigenvalue weighted by Crippen LogP contribution is 2.23.